The van der Waals surface area contributed by atoms with Gasteiger partial charge in [0.2, 0.25) is 5.91 Å². The Morgan fingerprint density at radius 2 is 2.36 bits per heavy atom. The fraction of sp³-hybridized carbons (Fsp3) is 0.625. The van der Waals surface area contributed by atoms with Crippen molar-refractivity contribution in [2.24, 2.45) is 0 Å². The standard InChI is InChI=1S/C16H21N3O2S/c1-3-16(2)11-18(7-8-21-16)13-4-6-19(14(13)20)15-12(10-17)5-9-22-15/h5,9,13H,3-4,6-8,11H2,1-2H3/t13-,16-/m1/s1. The third-order valence-electron chi connectivity index (χ3n) is 4.74. The van der Waals surface area contributed by atoms with E-state index in [0.29, 0.717) is 18.7 Å². The number of ether oxygens (including phenoxy) is 1. The quantitative estimate of drug-likeness (QED) is 0.857. The molecule has 2 aliphatic rings. The summed E-state index contributed by atoms with van der Waals surface area (Å²) in [4.78, 5) is 16.9. The fourth-order valence-corrected chi connectivity index (χ4v) is 4.13. The molecule has 2 atom stereocenters. The highest BCUT2D eigenvalue weighted by atomic mass is 32.1. The Labute approximate surface area is 135 Å². The second-order valence-corrected chi connectivity index (χ2v) is 7.06. The molecule has 0 radical (unpaired) electrons. The monoisotopic (exact) mass is 319 g/mol. The predicted octanol–water partition coefficient (Wildman–Crippen LogP) is 2.23. The molecular formula is C16H21N3O2S. The van der Waals surface area contributed by atoms with E-state index in [-0.39, 0.29) is 17.6 Å². The molecule has 1 aromatic heterocycles. The molecule has 2 saturated heterocycles. The van der Waals surface area contributed by atoms with Crippen molar-refractivity contribution in [3.8, 4) is 6.07 Å². The van der Waals surface area contributed by atoms with Gasteiger partial charge < -0.3 is 9.64 Å². The summed E-state index contributed by atoms with van der Waals surface area (Å²) in [6, 6.07) is 3.87. The van der Waals surface area contributed by atoms with E-state index in [4.69, 9.17) is 10.00 Å². The van der Waals surface area contributed by atoms with Crippen molar-refractivity contribution in [3.63, 3.8) is 0 Å². The van der Waals surface area contributed by atoms with Crippen molar-refractivity contribution in [1.82, 2.24) is 4.90 Å². The minimum Gasteiger partial charge on any atom is -0.373 e. The molecule has 1 amide bonds. The topological polar surface area (TPSA) is 56.6 Å². The van der Waals surface area contributed by atoms with Gasteiger partial charge in [-0.25, -0.2) is 0 Å². The maximum atomic E-state index is 12.8. The third-order valence-corrected chi connectivity index (χ3v) is 5.68. The summed E-state index contributed by atoms with van der Waals surface area (Å²) < 4.78 is 5.87. The molecule has 1 aromatic rings. The zero-order valence-electron chi connectivity index (χ0n) is 13.0. The van der Waals surface area contributed by atoms with E-state index in [1.807, 2.05) is 5.38 Å². The molecule has 0 aliphatic carbocycles. The average molecular weight is 319 g/mol. The summed E-state index contributed by atoms with van der Waals surface area (Å²) >= 11 is 1.47. The van der Waals surface area contributed by atoms with Gasteiger partial charge in [-0.1, -0.05) is 6.92 Å². The fourth-order valence-electron chi connectivity index (χ4n) is 3.24. The first-order chi connectivity index (χ1) is 10.6. The van der Waals surface area contributed by atoms with Crippen LogP contribution in [-0.2, 0) is 9.53 Å². The highest BCUT2D eigenvalue weighted by Crippen LogP contribution is 2.33. The Bertz CT molecular complexity index is 609. The van der Waals surface area contributed by atoms with Gasteiger partial charge in [-0.3, -0.25) is 9.69 Å². The molecule has 22 heavy (non-hydrogen) atoms. The lowest BCUT2D eigenvalue weighted by atomic mass is 9.99. The van der Waals surface area contributed by atoms with E-state index in [1.54, 1.807) is 11.0 Å². The summed E-state index contributed by atoms with van der Waals surface area (Å²) in [5.74, 6) is 0.124. The van der Waals surface area contributed by atoms with Crippen LogP contribution in [0.25, 0.3) is 0 Å². The van der Waals surface area contributed by atoms with Gasteiger partial charge in [0.05, 0.1) is 23.8 Å². The van der Waals surface area contributed by atoms with Crippen molar-refractivity contribution < 1.29 is 9.53 Å². The molecule has 2 fully saturated rings. The van der Waals surface area contributed by atoms with Crippen molar-refractivity contribution in [2.75, 3.05) is 31.1 Å². The molecule has 118 valence electrons. The van der Waals surface area contributed by atoms with Crippen LogP contribution in [-0.4, -0.2) is 48.7 Å². The van der Waals surface area contributed by atoms with E-state index >= 15 is 0 Å². The molecule has 0 N–H and O–H groups in total. The number of rotatable bonds is 3. The van der Waals surface area contributed by atoms with Crippen LogP contribution >= 0.6 is 11.3 Å². The van der Waals surface area contributed by atoms with Crippen LogP contribution < -0.4 is 4.90 Å². The van der Waals surface area contributed by atoms with Gasteiger partial charge >= 0.3 is 0 Å². The van der Waals surface area contributed by atoms with Gasteiger partial charge in [0.25, 0.3) is 0 Å². The molecule has 0 unspecified atom stereocenters. The molecule has 0 aromatic carbocycles. The molecule has 3 rings (SSSR count). The number of carbonyl (C=O) groups excluding carboxylic acids is 1. The van der Waals surface area contributed by atoms with Gasteiger partial charge in [-0.15, -0.1) is 11.3 Å². The molecule has 6 heteroatoms. The van der Waals surface area contributed by atoms with Crippen molar-refractivity contribution in [1.29, 1.82) is 5.26 Å². The zero-order valence-corrected chi connectivity index (χ0v) is 13.9. The van der Waals surface area contributed by atoms with Crippen molar-refractivity contribution in [2.45, 2.75) is 38.3 Å². The number of hydrogen-bond acceptors (Lipinski definition) is 5. The number of anilines is 1. The summed E-state index contributed by atoms with van der Waals surface area (Å²) in [5.41, 5.74) is 0.437. The van der Waals surface area contributed by atoms with Crippen LogP contribution in [0.4, 0.5) is 5.00 Å². The van der Waals surface area contributed by atoms with E-state index in [2.05, 4.69) is 24.8 Å². The van der Waals surface area contributed by atoms with Crippen LogP contribution in [0.15, 0.2) is 11.4 Å². The first-order valence-corrected chi connectivity index (χ1v) is 8.63. The van der Waals surface area contributed by atoms with E-state index in [1.165, 1.54) is 11.3 Å². The Morgan fingerprint density at radius 1 is 1.55 bits per heavy atom. The van der Waals surface area contributed by atoms with Gasteiger partial charge in [-0.05, 0) is 31.2 Å². The number of nitriles is 1. The first-order valence-electron chi connectivity index (χ1n) is 7.75. The Hall–Kier alpha value is -1.42. The Balaban J connectivity index is 1.75. The van der Waals surface area contributed by atoms with Gasteiger partial charge in [0, 0.05) is 19.6 Å². The van der Waals surface area contributed by atoms with Gasteiger partial charge in [-0.2, -0.15) is 5.26 Å². The van der Waals surface area contributed by atoms with Crippen LogP contribution in [0, 0.1) is 11.3 Å². The minimum atomic E-state index is -0.160. The molecular weight excluding hydrogens is 298 g/mol. The average Bonchev–Trinajstić information content (AvgIpc) is 3.13. The van der Waals surface area contributed by atoms with E-state index < -0.39 is 0 Å². The van der Waals surface area contributed by atoms with Crippen LogP contribution in [0.3, 0.4) is 0 Å². The van der Waals surface area contributed by atoms with Crippen LogP contribution in [0.2, 0.25) is 0 Å². The minimum absolute atomic E-state index is 0.0802. The lowest BCUT2D eigenvalue weighted by Gasteiger charge is -2.42. The Kier molecular flexibility index (Phi) is 4.22. The summed E-state index contributed by atoms with van der Waals surface area (Å²) in [5, 5.41) is 11.8. The maximum Gasteiger partial charge on any atom is 0.245 e. The number of carbonyl (C=O) groups is 1. The van der Waals surface area contributed by atoms with Gasteiger partial charge in [0.1, 0.15) is 11.1 Å². The number of thiophene rings is 1. The summed E-state index contributed by atoms with van der Waals surface area (Å²) in [6.07, 6.45) is 1.76. The number of hydrogen-bond donors (Lipinski definition) is 0. The Morgan fingerprint density at radius 3 is 3.09 bits per heavy atom. The maximum absolute atomic E-state index is 12.8. The van der Waals surface area contributed by atoms with E-state index in [0.717, 1.165) is 30.9 Å². The van der Waals surface area contributed by atoms with Gasteiger partial charge in [0.15, 0.2) is 0 Å². The largest absolute Gasteiger partial charge is 0.373 e. The van der Waals surface area contributed by atoms with Crippen molar-refractivity contribution in [3.05, 3.63) is 17.0 Å². The molecule has 0 spiro atoms. The second kappa shape index (κ2) is 5.99. The summed E-state index contributed by atoms with van der Waals surface area (Å²) in [7, 11) is 0. The molecule has 5 nitrogen and oxygen atoms in total. The van der Waals surface area contributed by atoms with E-state index in [9.17, 15) is 4.79 Å². The molecule has 0 bridgehead atoms. The predicted molar refractivity (Wildman–Crippen MR) is 86.0 cm³/mol. The zero-order chi connectivity index (χ0) is 15.7. The normalized spacial score (nSPS) is 29.8. The van der Waals surface area contributed by atoms with Crippen LogP contribution in [0.5, 0.6) is 0 Å². The highest BCUT2D eigenvalue weighted by Gasteiger charge is 2.42. The second-order valence-electron chi connectivity index (χ2n) is 6.17. The molecule has 0 saturated carbocycles. The lowest BCUT2D eigenvalue weighted by Crippen LogP contribution is -2.55. The van der Waals surface area contributed by atoms with Crippen molar-refractivity contribution >= 4 is 22.2 Å². The summed E-state index contributed by atoms with van der Waals surface area (Å²) in [6.45, 7) is 7.20. The smallest absolute Gasteiger partial charge is 0.245 e. The third kappa shape index (κ3) is 2.65. The number of amides is 1. The highest BCUT2D eigenvalue weighted by molar-refractivity contribution is 7.14. The number of morpholine rings is 1. The van der Waals surface area contributed by atoms with Crippen LogP contribution in [0.1, 0.15) is 32.3 Å². The lowest BCUT2D eigenvalue weighted by molar-refractivity contribution is -0.132. The molecule has 2 aliphatic heterocycles. The first kappa shape index (κ1) is 15.5. The molecule has 3 heterocycles. The number of nitrogens with zero attached hydrogens (tertiary/aromatic N) is 3. The SMILES string of the molecule is CC[C@]1(C)CN([C@@H]2CCN(c3sccc3C#N)C2=O)CCO1.